The summed E-state index contributed by atoms with van der Waals surface area (Å²) in [5.74, 6) is 0.434. The predicted molar refractivity (Wildman–Crippen MR) is 162 cm³/mol. The van der Waals surface area contributed by atoms with Crippen molar-refractivity contribution < 1.29 is 14.3 Å². The first-order valence-corrected chi connectivity index (χ1v) is 15.8. The quantitative estimate of drug-likeness (QED) is 0.121. The molecule has 2 atom stereocenters. The summed E-state index contributed by atoms with van der Waals surface area (Å²) in [5, 5.41) is 3.72. The van der Waals surface area contributed by atoms with Gasteiger partial charge in [0, 0.05) is 23.9 Å². The molecular formula is C33H67NO3. The minimum absolute atomic E-state index is 0.173. The Kier molecular flexibility index (Phi) is 18.5. The molecule has 0 aliphatic rings. The van der Waals surface area contributed by atoms with Crippen molar-refractivity contribution in [2.75, 3.05) is 19.8 Å². The fraction of sp³-hybridized carbons (Fsp3) is 0.970. The first-order valence-electron chi connectivity index (χ1n) is 15.8. The Morgan fingerprint density at radius 1 is 0.622 bits per heavy atom. The number of ether oxygens (including phenoxy) is 2. The van der Waals surface area contributed by atoms with Gasteiger partial charge in [0.25, 0.3) is 0 Å². The standard InChI is InChI=1S/C33H67NO3/c1-11-15-18-19-22-32(9,21-16-12-2)29(35)20-24-30(5,6)36-27-25-31(7,8)37-28-26-34-33(10,14-4)23-17-13-3/h34H,11-28H2,1-10H3. The van der Waals surface area contributed by atoms with Crippen LogP contribution in [0.2, 0.25) is 0 Å². The van der Waals surface area contributed by atoms with E-state index in [9.17, 15) is 4.79 Å². The highest BCUT2D eigenvalue weighted by molar-refractivity contribution is 5.84. The smallest absolute Gasteiger partial charge is 0.138 e. The van der Waals surface area contributed by atoms with Crippen molar-refractivity contribution in [3.05, 3.63) is 0 Å². The zero-order valence-electron chi connectivity index (χ0n) is 27.0. The lowest BCUT2D eigenvalue weighted by Crippen LogP contribution is -2.44. The number of rotatable bonds is 25. The second kappa shape index (κ2) is 18.8. The molecule has 0 fully saturated rings. The molecule has 0 saturated carbocycles. The fourth-order valence-electron chi connectivity index (χ4n) is 4.98. The maximum atomic E-state index is 13.3. The van der Waals surface area contributed by atoms with Gasteiger partial charge in [-0.25, -0.2) is 0 Å². The normalized spacial score (nSPS) is 15.9. The van der Waals surface area contributed by atoms with E-state index >= 15 is 0 Å². The number of nitrogens with one attached hydrogen (secondary N) is 1. The zero-order valence-corrected chi connectivity index (χ0v) is 27.0. The average Bonchev–Trinajstić information content (AvgIpc) is 2.85. The van der Waals surface area contributed by atoms with Crippen LogP contribution in [0.5, 0.6) is 0 Å². The van der Waals surface area contributed by atoms with Gasteiger partial charge in [-0.15, -0.1) is 0 Å². The monoisotopic (exact) mass is 526 g/mol. The molecule has 0 aliphatic heterocycles. The number of carbonyl (C=O) groups excluding carboxylic acids is 1. The van der Waals surface area contributed by atoms with Gasteiger partial charge in [0.05, 0.1) is 24.4 Å². The van der Waals surface area contributed by atoms with Gasteiger partial charge in [-0.3, -0.25) is 4.79 Å². The second-order valence-electron chi connectivity index (χ2n) is 13.3. The molecular weight excluding hydrogens is 458 g/mol. The highest BCUT2D eigenvalue weighted by atomic mass is 16.5. The molecule has 0 radical (unpaired) electrons. The van der Waals surface area contributed by atoms with Crippen molar-refractivity contribution in [3.63, 3.8) is 0 Å². The van der Waals surface area contributed by atoms with E-state index in [1.54, 1.807) is 0 Å². The Balaban J connectivity index is 4.53. The molecule has 0 saturated heterocycles. The van der Waals surface area contributed by atoms with Gasteiger partial charge in [0.1, 0.15) is 5.78 Å². The van der Waals surface area contributed by atoms with E-state index in [2.05, 4.69) is 74.6 Å². The lowest BCUT2D eigenvalue weighted by Gasteiger charge is -2.33. The topological polar surface area (TPSA) is 47.6 Å². The Morgan fingerprint density at radius 3 is 1.76 bits per heavy atom. The van der Waals surface area contributed by atoms with E-state index in [4.69, 9.17) is 9.47 Å². The highest BCUT2D eigenvalue weighted by Gasteiger charge is 2.33. The van der Waals surface area contributed by atoms with E-state index in [1.165, 1.54) is 44.9 Å². The van der Waals surface area contributed by atoms with Crippen LogP contribution in [0, 0.1) is 5.41 Å². The molecule has 0 aromatic carbocycles. The third kappa shape index (κ3) is 17.0. The van der Waals surface area contributed by atoms with E-state index in [-0.39, 0.29) is 22.2 Å². The minimum Gasteiger partial charge on any atom is -0.375 e. The molecule has 0 heterocycles. The van der Waals surface area contributed by atoms with Gasteiger partial charge in [-0.05, 0) is 73.1 Å². The minimum atomic E-state index is -0.302. The van der Waals surface area contributed by atoms with Crippen molar-refractivity contribution in [1.29, 1.82) is 0 Å². The van der Waals surface area contributed by atoms with Gasteiger partial charge < -0.3 is 14.8 Å². The molecule has 37 heavy (non-hydrogen) atoms. The average molecular weight is 526 g/mol. The molecule has 4 nitrogen and oxygen atoms in total. The summed E-state index contributed by atoms with van der Waals surface area (Å²) in [6, 6.07) is 0. The van der Waals surface area contributed by atoms with Gasteiger partial charge in [0.15, 0.2) is 0 Å². The molecule has 0 rings (SSSR count). The van der Waals surface area contributed by atoms with E-state index < -0.39 is 0 Å². The van der Waals surface area contributed by atoms with Gasteiger partial charge in [-0.2, -0.15) is 0 Å². The van der Waals surface area contributed by atoms with Crippen molar-refractivity contribution in [1.82, 2.24) is 5.32 Å². The highest BCUT2D eigenvalue weighted by Crippen LogP contribution is 2.35. The van der Waals surface area contributed by atoms with Gasteiger partial charge >= 0.3 is 0 Å². The largest absolute Gasteiger partial charge is 0.375 e. The van der Waals surface area contributed by atoms with Crippen LogP contribution in [0.3, 0.4) is 0 Å². The third-order valence-electron chi connectivity index (χ3n) is 8.50. The Bertz CT molecular complexity index is 588. The molecule has 2 unspecified atom stereocenters. The van der Waals surface area contributed by atoms with Crippen LogP contribution in [0.25, 0.3) is 0 Å². The van der Waals surface area contributed by atoms with E-state index in [1.807, 2.05) is 0 Å². The Hall–Kier alpha value is -0.450. The summed E-state index contributed by atoms with van der Waals surface area (Å²) in [4.78, 5) is 13.3. The number of hydrogen-bond donors (Lipinski definition) is 1. The lowest BCUT2D eigenvalue weighted by atomic mass is 9.74. The summed E-state index contributed by atoms with van der Waals surface area (Å²) in [7, 11) is 0. The van der Waals surface area contributed by atoms with Crippen LogP contribution in [-0.2, 0) is 14.3 Å². The SMILES string of the molecule is CCCCCCC(C)(CCCC)C(=O)CCC(C)(C)OCCC(C)(C)OCCNC(C)(CC)CCCC. The van der Waals surface area contributed by atoms with Crippen molar-refractivity contribution in [2.45, 2.75) is 182 Å². The van der Waals surface area contributed by atoms with Gasteiger partial charge in [-0.1, -0.05) is 86.0 Å². The maximum Gasteiger partial charge on any atom is 0.138 e. The maximum absolute atomic E-state index is 13.3. The summed E-state index contributed by atoms with van der Waals surface area (Å²) in [6.45, 7) is 24.3. The second-order valence-corrected chi connectivity index (χ2v) is 13.3. The molecule has 4 heteroatoms. The van der Waals surface area contributed by atoms with E-state index in [0.29, 0.717) is 25.4 Å². The summed E-state index contributed by atoms with van der Waals surface area (Å²) < 4.78 is 12.5. The molecule has 0 spiro atoms. The van der Waals surface area contributed by atoms with Crippen LogP contribution in [-0.4, -0.2) is 42.3 Å². The number of carbonyl (C=O) groups is 1. The number of hydrogen-bond acceptors (Lipinski definition) is 4. The molecule has 0 aromatic rings. The first kappa shape index (κ1) is 36.5. The molecule has 222 valence electrons. The molecule has 0 aromatic heterocycles. The molecule has 0 aliphatic carbocycles. The Morgan fingerprint density at radius 2 is 1.16 bits per heavy atom. The van der Waals surface area contributed by atoms with Crippen molar-refractivity contribution in [3.8, 4) is 0 Å². The van der Waals surface area contributed by atoms with Gasteiger partial charge in [0.2, 0.25) is 0 Å². The summed E-state index contributed by atoms with van der Waals surface area (Å²) in [6.07, 6.45) is 16.3. The third-order valence-corrected chi connectivity index (χ3v) is 8.50. The van der Waals surface area contributed by atoms with Crippen LogP contribution in [0.4, 0.5) is 0 Å². The predicted octanol–water partition coefficient (Wildman–Crippen LogP) is 9.43. The summed E-state index contributed by atoms with van der Waals surface area (Å²) in [5.41, 5.74) is -0.496. The van der Waals surface area contributed by atoms with Crippen LogP contribution < -0.4 is 5.32 Å². The zero-order chi connectivity index (χ0) is 28.4. The van der Waals surface area contributed by atoms with E-state index in [0.717, 1.165) is 51.5 Å². The molecule has 0 amide bonds. The number of Topliss-reactive ketones (excluding diaryl/α,β-unsaturated/α-hetero) is 1. The van der Waals surface area contributed by atoms with Crippen molar-refractivity contribution in [2.24, 2.45) is 5.41 Å². The number of unbranched alkanes of at least 4 members (excludes halogenated alkanes) is 5. The first-order chi connectivity index (χ1) is 17.3. The number of ketones is 1. The fourth-order valence-corrected chi connectivity index (χ4v) is 4.98. The van der Waals surface area contributed by atoms with Crippen molar-refractivity contribution >= 4 is 5.78 Å². The van der Waals surface area contributed by atoms with Crippen LogP contribution in [0.15, 0.2) is 0 Å². The summed E-state index contributed by atoms with van der Waals surface area (Å²) >= 11 is 0. The van der Waals surface area contributed by atoms with Crippen LogP contribution in [0.1, 0.15) is 166 Å². The lowest BCUT2D eigenvalue weighted by molar-refractivity contribution is -0.131. The Labute approximate surface area is 232 Å². The van der Waals surface area contributed by atoms with Crippen LogP contribution >= 0.6 is 0 Å². The molecule has 0 bridgehead atoms. The molecule has 1 N–H and O–H groups in total.